The first-order valence-electron chi connectivity index (χ1n) is 4.94. The van der Waals surface area contributed by atoms with Crippen LogP contribution in [-0.4, -0.2) is 0 Å². The second kappa shape index (κ2) is 7.46. The van der Waals surface area contributed by atoms with Crippen molar-refractivity contribution >= 4 is 44.5 Å². The predicted molar refractivity (Wildman–Crippen MR) is 81.1 cm³/mol. The standard InChI is InChI=1S/C12H14.2HI.Ti/c1-9(2)11-8-7-10-5-3-4-6-12(10)11;;;/h3-9,11H,1-2H3;2*1H;/q;;;+2/p-2. The molecule has 1 unspecified atom stereocenters. The molecule has 1 aliphatic carbocycles. The Bertz CT molecular complexity index is 334. The summed E-state index contributed by atoms with van der Waals surface area (Å²) in [6.07, 6.45) is 4.55. The van der Waals surface area contributed by atoms with E-state index in [1.54, 1.807) is 0 Å². The third kappa shape index (κ3) is 4.13. The summed E-state index contributed by atoms with van der Waals surface area (Å²) in [6.45, 7) is 4.55. The molecule has 0 fully saturated rings. The van der Waals surface area contributed by atoms with Gasteiger partial charge in [0.05, 0.1) is 0 Å². The van der Waals surface area contributed by atoms with E-state index in [0.717, 1.165) is 0 Å². The van der Waals surface area contributed by atoms with Crippen LogP contribution in [-0.2, 0) is 11.7 Å². The van der Waals surface area contributed by atoms with Crippen LogP contribution in [0.4, 0.5) is 0 Å². The van der Waals surface area contributed by atoms with E-state index in [4.69, 9.17) is 0 Å². The Labute approximate surface area is 122 Å². The molecule has 0 heterocycles. The van der Waals surface area contributed by atoms with Gasteiger partial charge < -0.3 is 0 Å². The van der Waals surface area contributed by atoms with Crippen LogP contribution in [0.1, 0.15) is 30.9 Å². The van der Waals surface area contributed by atoms with Gasteiger partial charge in [0.15, 0.2) is 0 Å². The maximum absolute atomic E-state index is 2.40. The van der Waals surface area contributed by atoms with E-state index in [9.17, 15) is 0 Å². The summed E-state index contributed by atoms with van der Waals surface area (Å²) in [4.78, 5) is 0. The average molecular weight is 460 g/mol. The van der Waals surface area contributed by atoms with E-state index < -0.39 is 0 Å². The van der Waals surface area contributed by atoms with Gasteiger partial charge in [-0.05, 0) is 17.0 Å². The van der Waals surface area contributed by atoms with Gasteiger partial charge in [-0.2, -0.15) is 0 Å². The molecular formula is C12H14I2Ti. The van der Waals surface area contributed by atoms with Crippen molar-refractivity contribution in [2.24, 2.45) is 5.92 Å². The Morgan fingerprint density at radius 2 is 1.80 bits per heavy atom. The van der Waals surface area contributed by atoms with Crippen LogP contribution in [0.3, 0.4) is 0 Å². The average Bonchev–Trinajstić information content (AvgIpc) is 2.62. The fourth-order valence-corrected chi connectivity index (χ4v) is 1.86. The Hall–Kier alpha value is 1.13. The van der Waals surface area contributed by atoms with Gasteiger partial charge in [-0.1, -0.05) is 50.3 Å². The maximum atomic E-state index is 2.40. The second-order valence-corrected chi connectivity index (χ2v) is 17.0. The van der Waals surface area contributed by atoms with E-state index in [-0.39, 0.29) is 0 Å². The van der Waals surface area contributed by atoms with Crippen molar-refractivity contribution in [1.29, 1.82) is 0 Å². The molecule has 1 aliphatic rings. The van der Waals surface area contributed by atoms with Gasteiger partial charge in [0.2, 0.25) is 0 Å². The summed E-state index contributed by atoms with van der Waals surface area (Å²) in [5.74, 6) is 1.35. The van der Waals surface area contributed by atoms with Gasteiger partial charge >= 0.3 is 50.0 Å². The number of hydrogen-bond donors (Lipinski definition) is 0. The first-order valence-corrected chi connectivity index (χ1v) is 15.0. The Balaban J connectivity index is 0.000000337. The molecule has 0 aliphatic heterocycles. The van der Waals surface area contributed by atoms with Crippen LogP contribution in [0.5, 0.6) is 0 Å². The van der Waals surface area contributed by atoms with Crippen molar-refractivity contribution in [3.63, 3.8) is 0 Å². The van der Waals surface area contributed by atoms with Crippen LogP contribution in [0.2, 0.25) is 0 Å². The van der Waals surface area contributed by atoms with Crippen LogP contribution >= 0.6 is 38.4 Å². The number of benzene rings is 1. The molecule has 1 atom stereocenters. The number of rotatable bonds is 1. The molecule has 2 rings (SSSR count). The number of allylic oxidation sites excluding steroid dienone is 1. The van der Waals surface area contributed by atoms with Crippen molar-refractivity contribution in [1.82, 2.24) is 0 Å². The Kier molecular flexibility index (Phi) is 7.06. The molecule has 0 aromatic heterocycles. The molecule has 0 radical (unpaired) electrons. The molecule has 0 N–H and O–H groups in total. The molecule has 0 amide bonds. The van der Waals surface area contributed by atoms with Gasteiger partial charge in [0, 0.05) is 5.92 Å². The second-order valence-electron chi connectivity index (χ2n) is 3.83. The van der Waals surface area contributed by atoms with Gasteiger partial charge in [-0.25, -0.2) is 0 Å². The third-order valence-electron chi connectivity index (χ3n) is 2.56. The fourth-order valence-electron chi connectivity index (χ4n) is 1.86. The molecule has 0 bridgehead atoms. The molecule has 0 saturated heterocycles. The quantitative estimate of drug-likeness (QED) is 0.399. The minimum absolute atomic E-state index is 0.440. The van der Waals surface area contributed by atoms with Crippen LogP contribution in [0.15, 0.2) is 30.3 Å². The first-order chi connectivity index (χ1) is 7.20. The fraction of sp³-hybridized carbons (Fsp3) is 0.333. The summed E-state index contributed by atoms with van der Waals surface area (Å²) in [5.41, 5.74) is 2.89. The molecule has 3 heteroatoms. The van der Waals surface area contributed by atoms with E-state index >= 15 is 0 Å². The molecule has 15 heavy (non-hydrogen) atoms. The van der Waals surface area contributed by atoms with E-state index in [1.807, 2.05) is 0 Å². The SMILES string of the molecule is CC(C)C1C=Cc2ccccc21.[I][Ti][I]. The van der Waals surface area contributed by atoms with Gasteiger partial charge in [0.25, 0.3) is 0 Å². The molecule has 0 nitrogen and oxygen atoms in total. The van der Waals surface area contributed by atoms with Gasteiger partial charge in [-0.15, -0.1) is 0 Å². The number of hydrogen-bond acceptors (Lipinski definition) is 0. The van der Waals surface area contributed by atoms with Crippen molar-refractivity contribution in [3.05, 3.63) is 41.5 Å². The topological polar surface area (TPSA) is 0 Å². The van der Waals surface area contributed by atoms with Crippen molar-refractivity contribution in [2.75, 3.05) is 0 Å². The van der Waals surface area contributed by atoms with Gasteiger partial charge in [-0.3, -0.25) is 0 Å². The number of fused-ring (bicyclic) bond motifs is 1. The van der Waals surface area contributed by atoms with Crippen molar-refractivity contribution in [3.8, 4) is 0 Å². The predicted octanol–water partition coefficient (Wildman–Crippen LogP) is 5.22. The summed E-state index contributed by atoms with van der Waals surface area (Å²) >= 11 is 5.24. The Morgan fingerprint density at radius 3 is 2.40 bits per heavy atom. The number of halogens is 2. The van der Waals surface area contributed by atoms with Crippen molar-refractivity contribution < 1.29 is 11.7 Å². The van der Waals surface area contributed by atoms with E-state index in [0.29, 0.717) is 23.5 Å². The molecular weight excluding hydrogens is 446 g/mol. The van der Waals surface area contributed by atoms with Crippen LogP contribution in [0.25, 0.3) is 6.08 Å². The van der Waals surface area contributed by atoms with Gasteiger partial charge in [0.1, 0.15) is 0 Å². The van der Waals surface area contributed by atoms with Crippen LogP contribution in [0, 0.1) is 5.92 Å². The van der Waals surface area contributed by atoms with E-state index in [2.05, 4.69) is 88.6 Å². The van der Waals surface area contributed by atoms with E-state index in [1.165, 1.54) is 11.1 Å². The monoisotopic (exact) mass is 460 g/mol. The summed E-state index contributed by atoms with van der Waals surface area (Å²) in [6, 6.07) is 8.65. The summed E-state index contributed by atoms with van der Waals surface area (Å²) in [5, 5.41) is 0. The zero-order valence-corrected chi connectivity index (χ0v) is 14.8. The molecule has 1 aromatic rings. The molecule has 1 aromatic carbocycles. The summed E-state index contributed by atoms with van der Waals surface area (Å²) < 4.78 is 0. The third-order valence-corrected chi connectivity index (χ3v) is 2.56. The Morgan fingerprint density at radius 1 is 1.20 bits per heavy atom. The first kappa shape index (κ1) is 14.2. The molecule has 80 valence electrons. The summed E-state index contributed by atoms with van der Waals surface area (Å²) in [7, 11) is 0. The molecule has 0 spiro atoms. The zero-order valence-electron chi connectivity index (χ0n) is 8.87. The van der Waals surface area contributed by atoms with Crippen LogP contribution < -0.4 is 0 Å². The molecule has 0 saturated carbocycles. The zero-order chi connectivity index (χ0) is 11.3. The van der Waals surface area contributed by atoms with Crippen molar-refractivity contribution in [2.45, 2.75) is 19.8 Å². The minimum atomic E-state index is 0.440. The normalized spacial score (nSPS) is 17.0.